The first-order chi connectivity index (χ1) is 65.7. The van der Waals surface area contributed by atoms with Gasteiger partial charge in [0.15, 0.2) is 0 Å². The van der Waals surface area contributed by atoms with E-state index >= 15 is 0 Å². The number of alkyl halides is 6. The van der Waals surface area contributed by atoms with Crippen LogP contribution in [0.15, 0.2) is 364 Å². The van der Waals surface area contributed by atoms with Crippen molar-refractivity contribution in [3.63, 3.8) is 0 Å². The minimum absolute atomic E-state index is 0. The Bertz CT molecular complexity index is 5590. The first kappa shape index (κ1) is 123. The molecule has 0 bridgehead atoms. The number of halogens is 14. The van der Waals surface area contributed by atoms with Crippen molar-refractivity contribution in [2.45, 2.75) is 134 Å². The molecule has 0 spiro atoms. The first-order valence-corrected chi connectivity index (χ1v) is 54.5. The molecule has 0 saturated carbocycles. The van der Waals surface area contributed by atoms with Crippen LogP contribution < -0.4 is 63.7 Å². The molecule has 25 heteroatoms. The van der Waals surface area contributed by atoms with Crippen LogP contribution in [0.2, 0.25) is 40.2 Å². The number of fused-ring (bicyclic) bond motifs is 4. The minimum atomic E-state index is -4.89. The normalized spacial score (nSPS) is 11.9. The molecule has 0 saturated heterocycles. The summed E-state index contributed by atoms with van der Waals surface area (Å²) < 4.78 is 64.1. The molecular weight excluding hydrogens is 2280 g/mol. The van der Waals surface area contributed by atoms with Crippen LogP contribution in [0, 0.1) is 23.7 Å². The van der Waals surface area contributed by atoms with Crippen molar-refractivity contribution in [2.24, 2.45) is 23.7 Å². The molecule has 4 N–H and O–H groups in total. The van der Waals surface area contributed by atoms with Gasteiger partial charge in [0.1, 0.15) is 63.7 Å². The maximum Gasteiger partial charge on any atom is 0.439 e. The van der Waals surface area contributed by atoms with E-state index in [1.54, 1.807) is 0 Å². The molecule has 1 aliphatic carbocycles. The maximum atomic E-state index is 10.7. The molecule has 16 aromatic carbocycles. The quantitative estimate of drug-likeness (QED) is 0.0288. The summed E-state index contributed by atoms with van der Waals surface area (Å²) >= 11 is 51.8. The zero-order chi connectivity index (χ0) is 101. The Morgan fingerprint density at radius 2 is 0.326 bits per heavy atom. The fraction of sp³-hybridized carbons (Fsp3) is 0.207. The number of hydrogen-bond donors (Lipinski definition) is 4. The molecule has 16 aromatic rings. The van der Waals surface area contributed by atoms with Crippen molar-refractivity contribution in [2.75, 3.05) is 0 Å². The summed E-state index contributed by atoms with van der Waals surface area (Å²) in [4.78, 5) is 0. The van der Waals surface area contributed by atoms with Gasteiger partial charge in [0.25, 0.3) is 12.6 Å². The minimum Gasteiger partial charge on any atom is -0.361 e. The summed E-state index contributed by atoms with van der Waals surface area (Å²) in [5, 5.41) is 60.0. The fourth-order valence-corrected chi connectivity index (χ4v) is 26.6. The number of aliphatic hydroxyl groups excluding tert-OH is 2. The van der Waals surface area contributed by atoms with Crippen LogP contribution in [-0.2, 0) is 58.4 Å². The monoisotopic (exact) mass is 2400 g/mol. The van der Waals surface area contributed by atoms with Gasteiger partial charge in [-0.3, -0.25) is 0 Å². The molecule has 0 aliphatic heterocycles. The van der Waals surface area contributed by atoms with Crippen molar-refractivity contribution >= 4 is 231 Å². The molecule has 1 aliphatic rings. The van der Waals surface area contributed by atoms with Crippen LogP contribution in [0.25, 0.3) is 65.3 Å². The van der Waals surface area contributed by atoms with Gasteiger partial charge < -0.3 is 20.4 Å². The van der Waals surface area contributed by atoms with Gasteiger partial charge in [0.05, 0.1) is 31.7 Å². The summed E-state index contributed by atoms with van der Waals surface area (Å²) in [5.74, 6) is 3.33. The molecule has 0 radical (unpaired) electrons. The van der Waals surface area contributed by atoms with E-state index in [0.717, 1.165) is 63.9 Å². The molecule has 0 heterocycles. The van der Waals surface area contributed by atoms with Gasteiger partial charge in [0.2, 0.25) is 0 Å². The Morgan fingerprint density at radius 3 is 0.447 bits per heavy atom. The zero-order valence-electron chi connectivity index (χ0n) is 80.1. The van der Waals surface area contributed by atoms with Gasteiger partial charge >= 0.3 is 12.4 Å². The second-order valence-electron chi connectivity index (χ2n) is 35.2. The van der Waals surface area contributed by atoms with Crippen LogP contribution in [0.3, 0.4) is 0 Å². The van der Waals surface area contributed by atoms with E-state index in [4.69, 9.17) is 113 Å². The third-order valence-corrected chi connectivity index (χ3v) is 33.4. The van der Waals surface area contributed by atoms with Crippen molar-refractivity contribution < 1.29 is 105 Å². The van der Waals surface area contributed by atoms with Crippen molar-refractivity contribution in [1.29, 1.82) is 0 Å². The first-order valence-electron chi connectivity index (χ1n) is 45.5. The van der Waals surface area contributed by atoms with Gasteiger partial charge in [-0.25, -0.2) is 0 Å². The summed E-state index contributed by atoms with van der Waals surface area (Å²) in [6, 6.07) is 121. The molecule has 0 amide bonds. The van der Waals surface area contributed by atoms with E-state index in [0.29, 0.717) is 0 Å². The summed E-state index contributed by atoms with van der Waals surface area (Å²) in [7, 11) is -6.27. The topological polar surface area (TPSA) is 80.9 Å². The third kappa shape index (κ3) is 38.2. The molecule has 0 unspecified atom stereocenters. The fourth-order valence-electron chi connectivity index (χ4n) is 14.7. The molecule has 0 fully saturated rings. The second-order valence-corrected chi connectivity index (χ2v) is 48.5. The Morgan fingerprint density at radius 1 is 0.206 bits per heavy atom. The number of rotatable bonds is 14. The van der Waals surface area contributed by atoms with Crippen molar-refractivity contribution in [3.05, 3.63) is 404 Å². The molecule has 0 atom stereocenters. The predicted molar refractivity (Wildman–Crippen MR) is 602 cm³/mol. The number of benzene rings is 16. The smallest absolute Gasteiger partial charge is 0.361 e. The van der Waals surface area contributed by atoms with Gasteiger partial charge in [-0.15, -0.1) is 0 Å². The van der Waals surface area contributed by atoms with Crippen molar-refractivity contribution in [3.8, 4) is 22.3 Å². The number of allylic oxidation sites excluding steroid dienone is 4. The third-order valence-electron chi connectivity index (χ3n) is 20.3. The van der Waals surface area contributed by atoms with E-state index < -0.39 is 56.6 Å². The Labute approximate surface area is 911 Å². The number of hydrogen-bond acceptors (Lipinski definition) is 4. The van der Waals surface area contributed by atoms with E-state index in [1.165, 1.54) is 155 Å². The van der Waals surface area contributed by atoms with E-state index in [-0.39, 0.29) is 58.4 Å². The van der Waals surface area contributed by atoms with Crippen LogP contribution in [0.4, 0.5) is 26.3 Å². The number of aliphatic hydroxyl groups is 4. The molecular formula is C116H118Cl8F6O4P4Ru3+4. The molecule has 0 aromatic heterocycles. The average Bonchev–Trinajstić information content (AvgIpc) is 0.733. The molecule has 744 valence electrons. The Kier molecular flexibility index (Phi) is 53.4. The average molecular weight is 2400 g/mol. The SMILES string of the molecule is C1=CCC/C=C\CC1.CC(C)C.CC(C)C.CC(C)C.CC(C)C.Clc1ccc([PH+](c2ccc(Cl)cc2)c2ccc3ccccc3c2-c2c([PH+](c3ccc(Cl)cc3)c3ccc(Cl)cc3)ccc3ccccc23)cc1.Clc1ccc([PH+](c2ccc(Cl)cc2)c2ccc3ccccc3c2-c2c([PH+](c3ccc(Cl)cc3)c3ccc(Cl)cc3)ccc3ccccc23)cc1.OC(O)C(F)(F)F.OC(O)C(F)(F)F.[Ru].[Ru].[Ru]. The van der Waals surface area contributed by atoms with Gasteiger partial charge in [-0.05, 0) is 311 Å². The largest absolute Gasteiger partial charge is 0.439 e. The van der Waals surface area contributed by atoms with Gasteiger partial charge in [-0.1, -0.05) is 322 Å². The van der Waals surface area contributed by atoms with Crippen LogP contribution in [0.5, 0.6) is 0 Å². The summed E-state index contributed by atoms with van der Waals surface area (Å²) in [6.45, 7) is 26.0. The Balaban J connectivity index is 0.000000311. The molecule has 4 nitrogen and oxygen atoms in total. The standard InChI is InChI=1S/2C44H28Cl4P2.C8H12.4C4H10.2C2H3F3O2.3Ru/c2*45-31-11-19-35(20-12-31)49(36-21-13-32(46)14-22-36)41-27-9-29-5-1-3-7-39(29)43(41)44-40-8-4-2-6-30(40)10-28-42(44)50(37-23-15-33(47)16-24-37)38-25-17-34(48)18-26-38;1-2-4-6-8-7-5-3-1;4*1-4(2)3;2*3-2(4,5)1(6)7;;;/h2*1-28H;1-2,7-8H,3-6H2;4*4H,1-3H3;2*1,6-7H;;;/p+4/b;;2-1-,8-7?;;;;;;;;;. The van der Waals surface area contributed by atoms with Crippen LogP contribution >= 0.6 is 124 Å². The van der Waals surface area contributed by atoms with Crippen LogP contribution in [0.1, 0.15) is 109 Å². The molecule has 141 heavy (non-hydrogen) atoms. The zero-order valence-corrected chi connectivity index (χ0v) is 95.3. The van der Waals surface area contributed by atoms with Crippen molar-refractivity contribution in [1.82, 2.24) is 0 Å². The van der Waals surface area contributed by atoms with Crippen LogP contribution in [-0.4, -0.2) is 45.4 Å². The predicted octanol–water partition coefficient (Wildman–Crippen LogP) is 31.5. The maximum absolute atomic E-state index is 10.7. The van der Waals surface area contributed by atoms with Gasteiger partial charge in [-0.2, -0.15) is 26.3 Å². The summed E-state index contributed by atoms with van der Waals surface area (Å²) in [6.07, 6.45) is -2.18. The second kappa shape index (κ2) is 61.2. The van der Waals surface area contributed by atoms with E-state index in [2.05, 4.69) is 350 Å². The Hall–Kier alpha value is -6.63. The van der Waals surface area contributed by atoms with E-state index in [9.17, 15) is 26.3 Å². The van der Waals surface area contributed by atoms with Gasteiger partial charge in [0, 0.05) is 121 Å². The summed E-state index contributed by atoms with van der Waals surface area (Å²) in [5.41, 5.74) is 5.05. The molecule has 17 rings (SSSR count). The van der Waals surface area contributed by atoms with E-state index in [1.807, 2.05) is 97.1 Å².